The van der Waals surface area contributed by atoms with Gasteiger partial charge in [-0.3, -0.25) is 4.79 Å². The maximum atomic E-state index is 11.7. The smallest absolute Gasteiger partial charge is 0.251 e. The second-order valence-corrected chi connectivity index (χ2v) is 5.80. The lowest BCUT2D eigenvalue weighted by Crippen LogP contribution is -2.22. The fourth-order valence-corrected chi connectivity index (χ4v) is 3.06. The fourth-order valence-electron chi connectivity index (χ4n) is 3.06. The van der Waals surface area contributed by atoms with E-state index in [4.69, 9.17) is 9.15 Å². The van der Waals surface area contributed by atoms with E-state index in [9.17, 15) is 4.79 Å². The summed E-state index contributed by atoms with van der Waals surface area (Å²) < 4.78 is 11.8. The molecule has 1 aliphatic heterocycles. The molecule has 0 fully saturated rings. The normalized spacial score (nSPS) is 13.5. The van der Waals surface area contributed by atoms with E-state index in [0.29, 0.717) is 17.1 Å². The third-order valence-corrected chi connectivity index (χ3v) is 4.24. The first-order valence-electron chi connectivity index (χ1n) is 7.99. The van der Waals surface area contributed by atoms with Crippen LogP contribution in [0.15, 0.2) is 46.9 Å². The van der Waals surface area contributed by atoms with Crippen LogP contribution in [0.1, 0.15) is 21.7 Å². The van der Waals surface area contributed by atoms with Crippen LogP contribution in [0.4, 0.5) is 0 Å². The minimum absolute atomic E-state index is 0.137. The highest BCUT2D eigenvalue weighted by atomic mass is 16.5. The van der Waals surface area contributed by atoms with Gasteiger partial charge >= 0.3 is 0 Å². The zero-order chi connectivity index (χ0) is 16.5. The first kappa shape index (κ1) is 14.8. The summed E-state index contributed by atoms with van der Waals surface area (Å²) in [6.07, 6.45) is 0.983. The lowest BCUT2D eigenvalue weighted by Gasteiger charge is -2.10. The molecule has 0 aliphatic carbocycles. The molecule has 24 heavy (non-hydrogen) atoms. The van der Waals surface area contributed by atoms with Gasteiger partial charge in [0.1, 0.15) is 22.8 Å². The van der Waals surface area contributed by atoms with Crippen LogP contribution < -0.4 is 15.4 Å². The van der Waals surface area contributed by atoms with Crippen LogP contribution in [-0.4, -0.2) is 19.5 Å². The Morgan fingerprint density at radius 2 is 2.08 bits per heavy atom. The zero-order valence-corrected chi connectivity index (χ0v) is 13.4. The molecular weight excluding hydrogens is 304 g/mol. The van der Waals surface area contributed by atoms with E-state index < -0.39 is 0 Å². The van der Waals surface area contributed by atoms with Crippen molar-refractivity contribution in [2.24, 2.45) is 0 Å². The Morgan fingerprint density at radius 3 is 2.96 bits per heavy atom. The van der Waals surface area contributed by atoms with Gasteiger partial charge in [0, 0.05) is 29.6 Å². The van der Waals surface area contributed by atoms with Crippen LogP contribution in [0.25, 0.3) is 11.0 Å². The van der Waals surface area contributed by atoms with E-state index in [1.165, 1.54) is 5.56 Å². The van der Waals surface area contributed by atoms with Gasteiger partial charge in [0.15, 0.2) is 0 Å². The summed E-state index contributed by atoms with van der Waals surface area (Å²) in [5.41, 5.74) is 2.69. The molecule has 3 aromatic rings. The highest BCUT2D eigenvalue weighted by molar-refractivity contribution is 5.94. The van der Waals surface area contributed by atoms with Gasteiger partial charge in [-0.05, 0) is 43.3 Å². The van der Waals surface area contributed by atoms with Crippen LogP contribution in [0.5, 0.6) is 11.5 Å². The Bertz CT molecular complexity index is 914. The van der Waals surface area contributed by atoms with Gasteiger partial charge in [-0.1, -0.05) is 6.07 Å². The number of nitrogens with one attached hydrogen (secondary N) is 2. The SMILES string of the molecule is CNC(=O)c1cccc(Oc2ccc3c4c(oc3c2)CNCC4)c1. The van der Waals surface area contributed by atoms with E-state index >= 15 is 0 Å². The molecule has 4 rings (SSSR count). The molecule has 0 atom stereocenters. The average Bonchev–Trinajstić information content (AvgIpc) is 2.99. The van der Waals surface area contributed by atoms with E-state index in [0.717, 1.165) is 36.2 Å². The van der Waals surface area contributed by atoms with Gasteiger partial charge in [0.05, 0.1) is 6.54 Å². The summed E-state index contributed by atoms with van der Waals surface area (Å²) in [6, 6.07) is 13.0. The largest absolute Gasteiger partial charge is 0.459 e. The summed E-state index contributed by atoms with van der Waals surface area (Å²) in [5, 5.41) is 7.08. The molecule has 1 amide bonds. The monoisotopic (exact) mass is 322 g/mol. The van der Waals surface area contributed by atoms with Gasteiger partial charge < -0.3 is 19.8 Å². The Balaban J connectivity index is 1.64. The van der Waals surface area contributed by atoms with Crippen molar-refractivity contribution < 1.29 is 13.9 Å². The Morgan fingerprint density at radius 1 is 1.21 bits per heavy atom. The molecule has 5 heteroatoms. The Kier molecular flexibility index (Phi) is 3.70. The predicted octanol–water partition coefficient (Wildman–Crippen LogP) is 3.23. The molecule has 1 aromatic heterocycles. The minimum atomic E-state index is -0.137. The van der Waals surface area contributed by atoms with Crippen molar-refractivity contribution >= 4 is 16.9 Å². The molecule has 0 saturated carbocycles. The summed E-state index contributed by atoms with van der Waals surface area (Å²) in [5.74, 6) is 2.18. The highest BCUT2D eigenvalue weighted by Crippen LogP contribution is 2.32. The number of hydrogen-bond donors (Lipinski definition) is 2. The van der Waals surface area contributed by atoms with Crippen LogP contribution in [-0.2, 0) is 13.0 Å². The number of benzene rings is 2. The van der Waals surface area contributed by atoms with E-state index in [1.807, 2.05) is 24.3 Å². The average molecular weight is 322 g/mol. The fraction of sp³-hybridized carbons (Fsp3) is 0.211. The minimum Gasteiger partial charge on any atom is -0.459 e. The molecule has 122 valence electrons. The second kappa shape index (κ2) is 6.02. The van der Waals surface area contributed by atoms with Gasteiger partial charge in [0.2, 0.25) is 0 Å². The topological polar surface area (TPSA) is 63.5 Å². The third-order valence-electron chi connectivity index (χ3n) is 4.24. The van der Waals surface area contributed by atoms with Crippen molar-refractivity contribution in [1.29, 1.82) is 0 Å². The zero-order valence-electron chi connectivity index (χ0n) is 13.4. The number of carbonyl (C=O) groups is 1. The quantitative estimate of drug-likeness (QED) is 0.777. The predicted molar refractivity (Wildman–Crippen MR) is 91.5 cm³/mol. The van der Waals surface area contributed by atoms with Crippen molar-refractivity contribution in [2.45, 2.75) is 13.0 Å². The summed E-state index contributed by atoms with van der Waals surface area (Å²) in [4.78, 5) is 11.7. The maximum Gasteiger partial charge on any atom is 0.251 e. The number of hydrogen-bond acceptors (Lipinski definition) is 4. The molecule has 0 spiro atoms. The Labute approximate surface area is 139 Å². The van der Waals surface area contributed by atoms with Gasteiger partial charge in [-0.15, -0.1) is 0 Å². The molecule has 0 bridgehead atoms. The standard InChI is InChI=1S/C19H18N2O3/c1-20-19(22)12-3-2-4-13(9-12)23-14-5-6-15-16-7-8-21-11-18(16)24-17(15)10-14/h2-6,9-10,21H,7-8,11H2,1H3,(H,20,22). The molecule has 2 N–H and O–H groups in total. The van der Waals surface area contributed by atoms with Crippen molar-refractivity contribution in [3.63, 3.8) is 0 Å². The number of furan rings is 1. The van der Waals surface area contributed by atoms with Gasteiger partial charge in [-0.2, -0.15) is 0 Å². The van der Waals surface area contributed by atoms with Gasteiger partial charge in [0.25, 0.3) is 5.91 Å². The first-order valence-corrected chi connectivity index (χ1v) is 7.99. The number of carbonyl (C=O) groups excluding carboxylic acids is 1. The van der Waals surface area contributed by atoms with Crippen LogP contribution in [0.2, 0.25) is 0 Å². The van der Waals surface area contributed by atoms with Crippen molar-refractivity contribution in [3.8, 4) is 11.5 Å². The van der Waals surface area contributed by atoms with Crippen LogP contribution >= 0.6 is 0 Å². The third kappa shape index (κ3) is 2.63. The lowest BCUT2D eigenvalue weighted by molar-refractivity contribution is 0.0963. The molecule has 0 radical (unpaired) electrons. The van der Waals surface area contributed by atoms with E-state index in [2.05, 4.69) is 10.6 Å². The Hall–Kier alpha value is -2.79. The molecule has 0 saturated heterocycles. The summed E-state index contributed by atoms with van der Waals surface area (Å²) >= 11 is 0. The van der Waals surface area contributed by atoms with Crippen LogP contribution in [0, 0.1) is 0 Å². The van der Waals surface area contributed by atoms with Gasteiger partial charge in [-0.25, -0.2) is 0 Å². The first-order chi connectivity index (χ1) is 11.7. The molecule has 0 unspecified atom stereocenters. The van der Waals surface area contributed by atoms with E-state index in [-0.39, 0.29) is 5.91 Å². The summed E-state index contributed by atoms with van der Waals surface area (Å²) in [7, 11) is 1.61. The number of fused-ring (bicyclic) bond motifs is 3. The van der Waals surface area contributed by atoms with Crippen molar-refractivity contribution in [1.82, 2.24) is 10.6 Å². The van der Waals surface area contributed by atoms with Crippen molar-refractivity contribution in [3.05, 3.63) is 59.4 Å². The lowest BCUT2D eigenvalue weighted by atomic mass is 10.0. The number of ether oxygens (including phenoxy) is 1. The highest BCUT2D eigenvalue weighted by Gasteiger charge is 2.17. The second-order valence-electron chi connectivity index (χ2n) is 5.80. The van der Waals surface area contributed by atoms with Crippen molar-refractivity contribution in [2.75, 3.05) is 13.6 Å². The maximum absolute atomic E-state index is 11.7. The summed E-state index contributed by atoms with van der Waals surface area (Å²) in [6.45, 7) is 1.75. The number of rotatable bonds is 3. The van der Waals surface area contributed by atoms with Crippen LogP contribution in [0.3, 0.4) is 0 Å². The van der Waals surface area contributed by atoms with E-state index in [1.54, 1.807) is 25.2 Å². The molecule has 5 nitrogen and oxygen atoms in total. The number of amides is 1. The molecule has 1 aliphatic rings. The molecular formula is C19H18N2O3. The molecule has 2 aromatic carbocycles. The molecule has 2 heterocycles.